The number of benzene rings is 1. The number of morpholine rings is 1. The van der Waals surface area contributed by atoms with E-state index >= 15 is 0 Å². The molecule has 2 amide bonds. The van der Waals surface area contributed by atoms with Gasteiger partial charge in [0.05, 0.1) is 19.3 Å². The molecule has 148 valence electrons. The lowest BCUT2D eigenvalue weighted by Gasteiger charge is -2.40. The molecule has 0 spiro atoms. The van der Waals surface area contributed by atoms with Crippen LogP contribution in [-0.4, -0.2) is 66.2 Å². The van der Waals surface area contributed by atoms with Crippen molar-refractivity contribution in [3.8, 4) is 0 Å². The number of hydrogen-bond donors (Lipinski definition) is 1. The van der Waals surface area contributed by atoms with Crippen molar-refractivity contribution in [3.63, 3.8) is 0 Å². The highest BCUT2D eigenvalue weighted by atomic mass is 16.5. The number of rotatable bonds is 4. The molecule has 0 saturated carbocycles. The van der Waals surface area contributed by atoms with Crippen LogP contribution in [0.1, 0.15) is 30.0 Å². The van der Waals surface area contributed by atoms with Crippen LogP contribution < -0.4 is 5.32 Å². The minimum absolute atomic E-state index is 0.00564. The Kier molecular flexibility index (Phi) is 6.19. The van der Waals surface area contributed by atoms with Gasteiger partial charge in [0, 0.05) is 44.6 Å². The Morgan fingerprint density at radius 3 is 2.29 bits per heavy atom. The second kappa shape index (κ2) is 9.17. The normalized spacial score (nSPS) is 19.9. The third-order valence-electron chi connectivity index (χ3n) is 5.75. The Balaban J connectivity index is 1.40. The van der Waals surface area contributed by atoms with E-state index in [-0.39, 0.29) is 12.1 Å². The van der Waals surface area contributed by atoms with Crippen molar-refractivity contribution in [1.29, 1.82) is 0 Å². The lowest BCUT2D eigenvalue weighted by molar-refractivity contribution is 0.00376. The second-order valence-corrected chi connectivity index (χ2v) is 7.44. The maximum atomic E-state index is 13.0. The highest BCUT2D eigenvalue weighted by Gasteiger charge is 2.29. The number of aromatic nitrogens is 1. The van der Waals surface area contributed by atoms with Crippen molar-refractivity contribution >= 4 is 6.03 Å². The first kappa shape index (κ1) is 18.9. The smallest absolute Gasteiger partial charge is 0.318 e. The highest BCUT2D eigenvalue weighted by Crippen LogP contribution is 2.23. The van der Waals surface area contributed by atoms with Gasteiger partial charge in [0.2, 0.25) is 0 Å². The summed E-state index contributed by atoms with van der Waals surface area (Å²) in [6.45, 7) is 5.26. The third-order valence-corrected chi connectivity index (χ3v) is 5.75. The number of piperidine rings is 1. The minimum Gasteiger partial charge on any atom is -0.379 e. The molecular weight excluding hydrogens is 352 g/mol. The molecule has 1 aromatic carbocycles. The van der Waals surface area contributed by atoms with E-state index in [1.54, 1.807) is 12.4 Å². The number of pyridine rings is 1. The number of nitrogens with zero attached hydrogens (tertiary/aromatic N) is 3. The zero-order chi connectivity index (χ0) is 19.2. The molecule has 2 fully saturated rings. The van der Waals surface area contributed by atoms with Gasteiger partial charge in [-0.3, -0.25) is 9.88 Å². The predicted molar refractivity (Wildman–Crippen MR) is 108 cm³/mol. The van der Waals surface area contributed by atoms with E-state index < -0.39 is 0 Å². The molecule has 2 aliphatic heterocycles. The molecule has 0 radical (unpaired) electrons. The first-order valence-corrected chi connectivity index (χ1v) is 10.1. The van der Waals surface area contributed by atoms with Crippen LogP contribution in [0.25, 0.3) is 0 Å². The standard InChI is InChI=1S/C22H28N4O2/c27-22(26-12-8-20(9-13-26)25-14-16-28-17-15-25)24-21(18-4-2-1-3-5-18)19-6-10-23-11-7-19/h1-7,10-11,20-21H,8-9,12-17H2,(H,24,27). The number of amides is 2. The molecule has 1 aromatic heterocycles. The number of carbonyl (C=O) groups excluding carboxylic acids is 1. The van der Waals surface area contributed by atoms with Gasteiger partial charge in [-0.15, -0.1) is 0 Å². The van der Waals surface area contributed by atoms with Crippen LogP contribution >= 0.6 is 0 Å². The SMILES string of the molecule is O=C(NC(c1ccccc1)c1ccncc1)N1CCC(N2CCOCC2)CC1. The molecule has 6 nitrogen and oxygen atoms in total. The van der Waals surface area contributed by atoms with Crippen LogP contribution in [0.4, 0.5) is 4.79 Å². The average Bonchev–Trinajstić information content (AvgIpc) is 2.79. The topological polar surface area (TPSA) is 57.7 Å². The minimum atomic E-state index is -0.173. The number of carbonyl (C=O) groups is 1. The van der Waals surface area contributed by atoms with Crippen molar-refractivity contribution in [3.05, 3.63) is 66.0 Å². The Labute approximate surface area is 166 Å². The fraction of sp³-hybridized carbons (Fsp3) is 0.455. The van der Waals surface area contributed by atoms with Crippen molar-refractivity contribution in [2.75, 3.05) is 39.4 Å². The van der Waals surface area contributed by atoms with Crippen molar-refractivity contribution in [2.45, 2.75) is 24.9 Å². The van der Waals surface area contributed by atoms with Gasteiger partial charge >= 0.3 is 6.03 Å². The van der Waals surface area contributed by atoms with Crippen molar-refractivity contribution in [1.82, 2.24) is 20.1 Å². The lowest BCUT2D eigenvalue weighted by Crippen LogP contribution is -2.52. The van der Waals surface area contributed by atoms with Crippen LogP contribution in [0.2, 0.25) is 0 Å². The number of ether oxygens (including phenoxy) is 1. The average molecular weight is 380 g/mol. The summed E-state index contributed by atoms with van der Waals surface area (Å²) < 4.78 is 5.46. The van der Waals surface area contributed by atoms with E-state index in [2.05, 4.69) is 27.3 Å². The van der Waals surface area contributed by atoms with E-state index in [9.17, 15) is 4.79 Å². The first-order chi connectivity index (χ1) is 13.8. The molecule has 2 aromatic rings. The van der Waals surface area contributed by atoms with E-state index in [4.69, 9.17) is 4.74 Å². The van der Waals surface area contributed by atoms with Crippen LogP contribution in [0, 0.1) is 0 Å². The van der Waals surface area contributed by atoms with Gasteiger partial charge in [0.15, 0.2) is 0 Å². The summed E-state index contributed by atoms with van der Waals surface area (Å²) in [6, 6.07) is 14.4. The molecule has 4 rings (SSSR count). The fourth-order valence-corrected chi connectivity index (χ4v) is 4.15. The van der Waals surface area contributed by atoms with Crippen LogP contribution in [0.3, 0.4) is 0 Å². The zero-order valence-electron chi connectivity index (χ0n) is 16.2. The molecule has 1 unspecified atom stereocenters. The summed E-state index contributed by atoms with van der Waals surface area (Å²) in [6.07, 6.45) is 5.59. The molecule has 1 N–H and O–H groups in total. The molecule has 0 aliphatic carbocycles. The fourth-order valence-electron chi connectivity index (χ4n) is 4.15. The van der Waals surface area contributed by atoms with Gasteiger partial charge in [0.1, 0.15) is 0 Å². The second-order valence-electron chi connectivity index (χ2n) is 7.44. The summed E-state index contributed by atoms with van der Waals surface area (Å²) in [5.74, 6) is 0. The summed E-state index contributed by atoms with van der Waals surface area (Å²) in [5.41, 5.74) is 2.11. The molecule has 28 heavy (non-hydrogen) atoms. The maximum Gasteiger partial charge on any atom is 0.318 e. The van der Waals surface area contributed by atoms with E-state index in [0.29, 0.717) is 6.04 Å². The van der Waals surface area contributed by atoms with Gasteiger partial charge in [-0.05, 0) is 36.1 Å². The van der Waals surface area contributed by atoms with Gasteiger partial charge < -0.3 is 15.0 Å². The molecule has 2 aliphatic rings. The Morgan fingerprint density at radius 1 is 0.964 bits per heavy atom. The molecule has 6 heteroatoms. The van der Waals surface area contributed by atoms with Crippen molar-refractivity contribution in [2.24, 2.45) is 0 Å². The number of hydrogen-bond acceptors (Lipinski definition) is 4. The molecule has 0 bridgehead atoms. The quantitative estimate of drug-likeness (QED) is 0.886. The Hall–Kier alpha value is -2.44. The summed E-state index contributed by atoms with van der Waals surface area (Å²) >= 11 is 0. The Morgan fingerprint density at radius 2 is 1.61 bits per heavy atom. The van der Waals surface area contributed by atoms with Gasteiger partial charge in [-0.25, -0.2) is 4.79 Å². The third kappa shape index (κ3) is 4.51. The summed E-state index contributed by atoms with van der Waals surface area (Å²) in [7, 11) is 0. The van der Waals surface area contributed by atoms with Crippen LogP contribution in [0.15, 0.2) is 54.9 Å². The lowest BCUT2D eigenvalue weighted by atomic mass is 9.99. The van der Waals surface area contributed by atoms with Gasteiger partial charge in [-0.2, -0.15) is 0 Å². The monoisotopic (exact) mass is 380 g/mol. The zero-order valence-corrected chi connectivity index (χ0v) is 16.2. The van der Waals surface area contributed by atoms with E-state index in [1.807, 2.05) is 35.2 Å². The molecular formula is C22H28N4O2. The number of likely N-dealkylation sites (tertiary alicyclic amines) is 1. The van der Waals surface area contributed by atoms with Gasteiger partial charge in [-0.1, -0.05) is 30.3 Å². The highest BCUT2D eigenvalue weighted by molar-refractivity contribution is 5.75. The van der Waals surface area contributed by atoms with Crippen molar-refractivity contribution < 1.29 is 9.53 Å². The molecule has 1 atom stereocenters. The van der Waals surface area contributed by atoms with Crippen LogP contribution in [0.5, 0.6) is 0 Å². The molecule has 3 heterocycles. The summed E-state index contributed by atoms with van der Waals surface area (Å²) in [5, 5.41) is 3.24. The number of urea groups is 1. The van der Waals surface area contributed by atoms with Gasteiger partial charge in [0.25, 0.3) is 0 Å². The van der Waals surface area contributed by atoms with E-state index in [1.165, 1.54) is 0 Å². The van der Waals surface area contributed by atoms with Crippen LogP contribution in [-0.2, 0) is 4.74 Å². The first-order valence-electron chi connectivity index (χ1n) is 10.1. The molecule has 2 saturated heterocycles. The predicted octanol–water partition coefficient (Wildman–Crippen LogP) is 2.68. The van der Waals surface area contributed by atoms with E-state index in [0.717, 1.165) is 63.4 Å². The number of nitrogens with one attached hydrogen (secondary N) is 1. The Bertz CT molecular complexity index is 702. The maximum absolute atomic E-state index is 13.0. The summed E-state index contributed by atoms with van der Waals surface area (Å²) in [4.78, 5) is 21.6. The largest absolute Gasteiger partial charge is 0.379 e.